The van der Waals surface area contributed by atoms with E-state index in [0.717, 1.165) is 77.8 Å². The zero-order valence-corrected chi connectivity index (χ0v) is 27.8. The molecule has 6 nitrogen and oxygen atoms in total. The molecule has 0 fully saturated rings. The van der Waals surface area contributed by atoms with Crippen molar-refractivity contribution >= 4 is 65.4 Å². The second kappa shape index (κ2) is 11.2. The van der Waals surface area contributed by atoms with Crippen molar-refractivity contribution in [2.75, 3.05) is 0 Å². The van der Waals surface area contributed by atoms with E-state index in [2.05, 4.69) is 165 Å². The second-order valence-electron chi connectivity index (χ2n) is 13.2. The fraction of sp³-hybridized carbons (Fsp3) is 0. The van der Waals surface area contributed by atoms with Gasteiger partial charge in [0.25, 0.3) is 0 Å². The number of benzene rings is 6. The molecular formula is C46H28N6. The molecule has 0 saturated carbocycles. The van der Waals surface area contributed by atoms with E-state index in [9.17, 15) is 0 Å². The molecule has 0 radical (unpaired) electrons. The molecule has 6 aromatic carbocycles. The van der Waals surface area contributed by atoms with Gasteiger partial charge in [0.1, 0.15) is 0 Å². The summed E-state index contributed by atoms with van der Waals surface area (Å²) in [5.41, 5.74) is 12.0. The van der Waals surface area contributed by atoms with E-state index in [-0.39, 0.29) is 0 Å². The Kier molecular flexibility index (Phi) is 6.15. The molecule has 52 heavy (non-hydrogen) atoms. The van der Waals surface area contributed by atoms with E-state index in [1.807, 2.05) is 24.8 Å². The zero-order valence-electron chi connectivity index (χ0n) is 27.8. The summed E-state index contributed by atoms with van der Waals surface area (Å²) in [6, 6.07) is 51.2. The highest BCUT2D eigenvalue weighted by atomic mass is 15.0. The molecule has 0 aliphatic carbocycles. The van der Waals surface area contributed by atoms with Crippen molar-refractivity contribution in [1.29, 1.82) is 0 Å². The van der Waals surface area contributed by atoms with Gasteiger partial charge in [-0.3, -0.25) is 9.97 Å². The van der Waals surface area contributed by atoms with Crippen LogP contribution in [0.5, 0.6) is 0 Å². The Balaban J connectivity index is 1.08. The number of para-hydroxylation sites is 2. The summed E-state index contributed by atoms with van der Waals surface area (Å²) >= 11 is 0. The molecule has 0 aliphatic rings. The minimum absolute atomic E-state index is 0.840. The van der Waals surface area contributed by atoms with Gasteiger partial charge in [-0.2, -0.15) is 0 Å². The third kappa shape index (κ3) is 4.31. The Morgan fingerprint density at radius 1 is 0.365 bits per heavy atom. The monoisotopic (exact) mass is 664 g/mol. The minimum Gasteiger partial charge on any atom is -0.308 e. The molecule has 11 aromatic rings. The highest BCUT2D eigenvalue weighted by molar-refractivity contribution is 6.10. The Morgan fingerprint density at radius 2 is 0.769 bits per heavy atom. The molecule has 6 heteroatoms. The number of aromatic nitrogens is 6. The van der Waals surface area contributed by atoms with Crippen LogP contribution in [0.4, 0.5) is 0 Å². The summed E-state index contributed by atoms with van der Waals surface area (Å²) in [7, 11) is 0. The quantitative estimate of drug-likeness (QED) is 0.176. The Morgan fingerprint density at radius 3 is 1.23 bits per heavy atom. The third-order valence-electron chi connectivity index (χ3n) is 10.3. The topological polar surface area (TPSA) is 61.4 Å². The maximum atomic E-state index is 5.33. The largest absolute Gasteiger partial charge is 0.308 e. The van der Waals surface area contributed by atoms with Crippen LogP contribution in [0.2, 0.25) is 0 Å². The lowest BCUT2D eigenvalue weighted by Crippen LogP contribution is -1.98. The smallest absolute Gasteiger partial charge is 0.0973 e. The second-order valence-corrected chi connectivity index (χ2v) is 13.2. The van der Waals surface area contributed by atoms with Crippen molar-refractivity contribution in [3.8, 4) is 33.9 Å². The van der Waals surface area contributed by atoms with Crippen LogP contribution in [-0.4, -0.2) is 29.1 Å². The molecule has 0 atom stereocenters. The average Bonchev–Trinajstić information content (AvgIpc) is 3.73. The molecule has 0 amide bonds. The maximum absolute atomic E-state index is 5.33. The molecule has 5 heterocycles. The van der Waals surface area contributed by atoms with E-state index < -0.39 is 0 Å². The van der Waals surface area contributed by atoms with Gasteiger partial charge < -0.3 is 9.13 Å². The third-order valence-corrected chi connectivity index (χ3v) is 10.3. The van der Waals surface area contributed by atoms with Gasteiger partial charge in [0.05, 0.1) is 56.9 Å². The van der Waals surface area contributed by atoms with Crippen LogP contribution in [0.1, 0.15) is 0 Å². The first kappa shape index (κ1) is 28.6. The van der Waals surface area contributed by atoms with Gasteiger partial charge in [0, 0.05) is 56.4 Å². The molecular weight excluding hydrogens is 637 g/mol. The van der Waals surface area contributed by atoms with Gasteiger partial charge >= 0.3 is 0 Å². The standard InChI is InChI=1S/C46H28N6/c1-2-8-32-26-40-39(25-31(32)7-1)49-45(29-13-17-33(18-14-29)51-41-11-5-3-9-35(41)37-21-23-47-27-43(37)51)46(50-40)30-15-19-34(20-16-30)52-42-12-6-4-10-36(42)38-22-24-48-28-44(38)52/h1-28H. The van der Waals surface area contributed by atoms with E-state index >= 15 is 0 Å². The molecule has 0 saturated heterocycles. The fourth-order valence-corrected chi connectivity index (χ4v) is 7.87. The predicted octanol–water partition coefficient (Wildman–Crippen LogP) is 11.1. The van der Waals surface area contributed by atoms with E-state index in [1.165, 1.54) is 21.5 Å². The summed E-state index contributed by atoms with van der Waals surface area (Å²) < 4.78 is 4.56. The van der Waals surface area contributed by atoms with Crippen LogP contribution in [0.3, 0.4) is 0 Å². The van der Waals surface area contributed by atoms with Crippen LogP contribution < -0.4 is 0 Å². The highest BCUT2D eigenvalue weighted by Crippen LogP contribution is 2.37. The highest BCUT2D eigenvalue weighted by Gasteiger charge is 2.18. The van der Waals surface area contributed by atoms with Crippen molar-refractivity contribution in [2.24, 2.45) is 0 Å². The summed E-state index contributed by atoms with van der Waals surface area (Å²) in [6.45, 7) is 0. The number of hydrogen-bond acceptors (Lipinski definition) is 4. The number of pyridine rings is 2. The SMILES string of the molecule is c1ccc2cc3nc(-c4ccc(-n5c6ccccc6c6ccncc65)cc4)c(-c4ccc(-n5c6ccccc6c6ccncc65)cc4)nc3cc2c1. The molecule has 0 unspecified atom stereocenters. The van der Waals surface area contributed by atoms with Crippen LogP contribution >= 0.6 is 0 Å². The van der Waals surface area contributed by atoms with Crippen molar-refractivity contribution in [2.45, 2.75) is 0 Å². The summed E-state index contributed by atoms with van der Waals surface area (Å²) in [4.78, 5) is 19.6. The van der Waals surface area contributed by atoms with Crippen molar-refractivity contribution in [1.82, 2.24) is 29.1 Å². The lowest BCUT2D eigenvalue weighted by molar-refractivity contribution is 1.16. The Labute approximate surface area is 297 Å². The number of nitrogens with zero attached hydrogens (tertiary/aromatic N) is 6. The number of fused-ring (bicyclic) bond motifs is 8. The van der Waals surface area contributed by atoms with Crippen LogP contribution in [0.25, 0.3) is 99.3 Å². The molecule has 11 rings (SSSR count). The van der Waals surface area contributed by atoms with E-state index in [0.29, 0.717) is 0 Å². The maximum Gasteiger partial charge on any atom is 0.0973 e. The van der Waals surface area contributed by atoms with Gasteiger partial charge in [0.15, 0.2) is 0 Å². The van der Waals surface area contributed by atoms with Crippen LogP contribution in [-0.2, 0) is 0 Å². The fourth-order valence-electron chi connectivity index (χ4n) is 7.87. The van der Waals surface area contributed by atoms with Crippen molar-refractivity contribution in [3.05, 3.63) is 170 Å². The van der Waals surface area contributed by atoms with Gasteiger partial charge in [-0.1, -0.05) is 84.9 Å². The molecule has 0 spiro atoms. The molecule has 0 N–H and O–H groups in total. The minimum atomic E-state index is 0.840. The zero-order chi connectivity index (χ0) is 34.2. The first-order valence-corrected chi connectivity index (χ1v) is 17.4. The van der Waals surface area contributed by atoms with Crippen molar-refractivity contribution in [3.63, 3.8) is 0 Å². The Bertz CT molecular complexity index is 2850. The molecule has 242 valence electrons. The van der Waals surface area contributed by atoms with Crippen molar-refractivity contribution < 1.29 is 0 Å². The normalized spacial score (nSPS) is 11.8. The predicted molar refractivity (Wildman–Crippen MR) is 212 cm³/mol. The summed E-state index contributed by atoms with van der Waals surface area (Å²) in [5, 5.41) is 7.07. The van der Waals surface area contributed by atoms with Gasteiger partial charge in [-0.25, -0.2) is 9.97 Å². The molecule has 0 aliphatic heterocycles. The van der Waals surface area contributed by atoms with Crippen LogP contribution in [0.15, 0.2) is 170 Å². The lowest BCUT2D eigenvalue weighted by Gasteiger charge is -2.14. The van der Waals surface area contributed by atoms with Crippen LogP contribution in [0, 0.1) is 0 Å². The lowest BCUT2D eigenvalue weighted by atomic mass is 10.0. The van der Waals surface area contributed by atoms with E-state index in [4.69, 9.17) is 9.97 Å². The first-order valence-electron chi connectivity index (χ1n) is 17.4. The summed E-state index contributed by atoms with van der Waals surface area (Å²) in [6.07, 6.45) is 7.61. The van der Waals surface area contributed by atoms with E-state index in [1.54, 1.807) is 0 Å². The summed E-state index contributed by atoms with van der Waals surface area (Å²) in [5.74, 6) is 0. The van der Waals surface area contributed by atoms with Gasteiger partial charge in [-0.05, 0) is 71.4 Å². The number of hydrogen-bond donors (Lipinski definition) is 0. The van der Waals surface area contributed by atoms with Gasteiger partial charge in [-0.15, -0.1) is 0 Å². The first-order chi connectivity index (χ1) is 25.8. The molecule has 5 aromatic heterocycles. The molecule has 0 bridgehead atoms. The van der Waals surface area contributed by atoms with Gasteiger partial charge in [0.2, 0.25) is 0 Å². The average molecular weight is 665 g/mol. The Hall–Kier alpha value is -7.18. The number of rotatable bonds is 4.